The van der Waals surface area contributed by atoms with E-state index in [-0.39, 0.29) is 0 Å². The van der Waals surface area contributed by atoms with Crippen molar-refractivity contribution in [3.05, 3.63) is 17.0 Å². The lowest BCUT2D eigenvalue weighted by Crippen LogP contribution is -2.36. The lowest BCUT2D eigenvalue weighted by molar-refractivity contribution is 0.0927. The van der Waals surface area contributed by atoms with E-state index >= 15 is 0 Å². The van der Waals surface area contributed by atoms with E-state index in [4.69, 9.17) is 4.52 Å². The number of hydrogen-bond donors (Lipinski definition) is 1. The lowest BCUT2D eigenvalue weighted by Gasteiger charge is -2.15. The van der Waals surface area contributed by atoms with Crippen molar-refractivity contribution in [1.82, 2.24) is 9.88 Å². The van der Waals surface area contributed by atoms with Gasteiger partial charge in [0.1, 0.15) is 5.76 Å². The van der Waals surface area contributed by atoms with Gasteiger partial charge >= 0.3 is 5.38 Å². The van der Waals surface area contributed by atoms with Crippen molar-refractivity contribution in [1.29, 1.82) is 0 Å². The Kier molecular flexibility index (Phi) is 5.51. The summed E-state index contributed by atoms with van der Waals surface area (Å²) in [5.41, 5.74) is 1.49. The van der Waals surface area contributed by atoms with Gasteiger partial charge in [0.2, 0.25) is 10.0 Å². The summed E-state index contributed by atoms with van der Waals surface area (Å²) in [6.07, 6.45) is -0.556. The van der Waals surface area contributed by atoms with Crippen molar-refractivity contribution in [2.75, 3.05) is 5.75 Å². The normalized spacial score (nSPS) is 14.5. The zero-order chi connectivity index (χ0) is 15.6. The van der Waals surface area contributed by atoms with Gasteiger partial charge in [-0.05, 0) is 38.8 Å². The van der Waals surface area contributed by atoms with Crippen molar-refractivity contribution in [3.63, 3.8) is 0 Å². The lowest BCUT2D eigenvalue weighted by atomic mass is 10.1. The topological polar surface area (TPSA) is 72.2 Å². The molecule has 0 fully saturated rings. The molecule has 1 heterocycles. The maximum Gasteiger partial charge on any atom is 0.322 e. The molecule has 116 valence electrons. The van der Waals surface area contributed by atoms with Gasteiger partial charge in [-0.15, -0.1) is 0 Å². The number of rotatable bonds is 7. The summed E-state index contributed by atoms with van der Waals surface area (Å²) in [6.45, 7) is 5.12. The summed E-state index contributed by atoms with van der Waals surface area (Å²) in [7, 11) is -3.81. The highest BCUT2D eigenvalue weighted by Gasteiger charge is 2.28. The van der Waals surface area contributed by atoms with Gasteiger partial charge in [-0.25, -0.2) is 13.1 Å². The fourth-order valence-electron chi connectivity index (χ4n) is 1.76. The first-order valence-corrected chi connectivity index (χ1v) is 8.01. The minimum Gasteiger partial charge on any atom is -0.361 e. The molecule has 0 aliphatic carbocycles. The Balaban J connectivity index is 2.60. The molecule has 9 heteroatoms. The first-order chi connectivity index (χ1) is 9.00. The van der Waals surface area contributed by atoms with Crippen LogP contribution >= 0.6 is 11.6 Å². The predicted octanol–water partition coefficient (Wildman–Crippen LogP) is 2.36. The van der Waals surface area contributed by atoms with Crippen molar-refractivity contribution >= 4 is 21.6 Å². The molecule has 0 radical (unpaired) electrons. The monoisotopic (exact) mass is 330 g/mol. The molecule has 1 aromatic heterocycles. The smallest absolute Gasteiger partial charge is 0.322 e. The van der Waals surface area contributed by atoms with Gasteiger partial charge in [-0.1, -0.05) is 5.16 Å². The van der Waals surface area contributed by atoms with Gasteiger partial charge in [0.05, 0.1) is 11.4 Å². The first kappa shape index (κ1) is 17.3. The van der Waals surface area contributed by atoms with Crippen LogP contribution in [0.4, 0.5) is 8.78 Å². The third-order valence-electron chi connectivity index (χ3n) is 2.73. The second kappa shape index (κ2) is 6.36. The summed E-state index contributed by atoms with van der Waals surface area (Å²) in [5, 5.41) is 0.251. The molecule has 0 unspecified atom stereocenters. The van der Waals surface area contributed by atoms with Crippen LogP contribution < -0.4 is 4.72 Å². The highest BCUT2D eigenvalue weighted by Crippen LogP contribution is 2.23. The molecule has 1 aromatic rings. The Hall–Kier alpha value is -0.730. The van der Waals surface area contributed by atoms with Crippen LogP contribution in [0.25, 0.3) is 0 Å². The summed E-state index contributed by atoms with van der Waals surface area (Å²) in [6, 6.07) is -0.458. The second-order valence-electron chi connectivity index (χ2n) is 4.71. The van der Waals surface area contributed by atoms with Gasteiger partial charge in [0, 0.05) is 18.0 Å². The van der Waals surface area contributed by atoms with Gasteiger partial charge in [-0.3, -0.25) is 0 Å². The van der Waals surface area contributed by atoms with E-state index in [1.165, 1.54) is 0 Å². The maximum absolute atomic E-state index is 12.5. The van der Waals surface area contributed by atoms with Crippen molar-refractivity contribution in [3.8, 4) is 0 Å². The Morgan fingerprint density at radius 3 is 2.50 bits per heavy atom. The molecule has 0 aliphatic heterocycles. The van der Waals surface area contributed by atoms with Crippen LogP contribution in [0.3, 0.4) is 0 Å². The number of aryl methyl sites for hydroxylation is 2. The van der Waals surface area contributed by atoms with Crippen LogP contribution in [0, 0.1) is 13.8 Å². The third-order valence-corrected chi connectivity index (χ3v) is 4.42. The minimum absolute atomic E-state index is 0.373. The largest absolute Gasteiger partial charge is 0.361 e. The first-order valence-electron chi connectivity index (χ1n) is 5.98. The van der Waals surface area contributed by atoms with Gasteiger partial charge in [0.25, 0.3) is 0 Å². The van der Waals surface area contributed by atoms with Gasteiger partial charge < -0.3 is 4.52 Å². The summed E-state index contributed by atoms with van der Waals surface area (Å²) >= 11 is 4.69. The average molecular weight is 331 g/mol. The van der Waals surface area contributed by atoms with Crippen LogP contribution in [-0.2, 0) is 16.4 Å². The summed E-state index contributed by atoms with van der Waals surface area (Å²) in [4.78, 5) is 0. The van der Waals surface area contributed by atoms with E-state index in [9.17, 15) is 17.2 Å². The maximum atomic E-state index is 12.5. The number of nitrogens with zero attached hydrogens (tertiary/aromatic N) is 1. The van der Waals surface area contributed by atoms with Crippen LogP contribution in [-0.4, -0.2) is 30.8 Å². The molecular weight excluding hydrogens is 314 g/mol. The Bertz CT molecular complexity index is 535. The zero-order valence-electron chi connectivity index (χ0n) is 11.4. The summed E-state index contributed by atoms with van der Waals surface area (Å²) in [5.74, 6) is -0.115. The highest BCUT2D eigenvalue weighted by atomic mass is 35.5. The van der Waals surface area contributed by atoms with E-state index in [1.54, 1.807) is 20.8 Å². The van der Waals surface area contributed by atoms with Crippen molar-refractivity contribution < 1.29 is 21.7 Å². The Morgan fingerprint density at radius 2 is 2.05 bits per heavy atom. The van der Waals surface area contributed by atoms with Crippen molar-refractivity contribution in [2.45, 2.75) is 45.0 Å². The molecule has 20 heavy (non-hydrogen) atoms. The molecule has 0 aliphatic rings. The third kappa shape index (κ3) is 5.72. The molecule has 1 atom stereocenters. The molecule has 0 spiro atoms. The van der Waals surface area contributed by atoms with E-state index < -0.39 is 33.6 Å². The van der Waals surface area contributed by atoms with Gasteiger partial charge in [-0.2, -0.15) is 8.78 Å². The Labute approximate surface area is 121 Å². The van der Waals surface area contributed by atoms with Crippen molar-refractivity contribution in [2.24, 2.45) is 0 Å². The minimum atomic E-state index is -3.81. The second-order valence-corrected chi connectivity index (χ2v) is 7.14. The van der Waals surface area contributed by atoms with Crippen LogP contribution in [0.5, 0.6) is 0 Å². The van der Waals surface area contributed by atoms with Crippen LogP contribution in [0.2, 0.25) is 0 Å². The van der Waals surface area contributed by atoms with E-state index in [0.29, 0.717) is 17.9 Å². The number of alkyl halides is 3. The number of aromatic nitrogens is 1. The molecular formula is C11H17ClF2N2O3S. The SMILES string of the molecule is Cc1noc(C)c1C[C@@H](C)NS(=O)(=O)CCC(F)(F)Cl. The Morgan fingerprint density at radius 1 is 1.45 bits per heavy atom. The summed E-state index contributed by atoms with van der Waals surface area (Å²) < 4.78 is 55.5. The average Bonchev–Trinajstić information content (AvgIpc) is 2.57. The molecule has 5 nitrogen and oxygen atoms in total. The fraction of sp³-hybridized carbons (Fsp3) is 0.727. The fourth-order valence-corrected chi connectivity index (χ4v) is 3.30. The van der Waals surface area contributed by atoms with E-state index in [2.05, 4.69) is 21.5 Å². The number of sulfonamides is 1. The number of halogens is 3. The predicted molar refractivity (Wildman–Crippen MR) is 71.5 cm³/mol. The van der Waals surface area contributed by atoms with Gasteiger partial charge in [0.15, 0.2) is 0 Å². The molecule has 1 rings (SSSR count). The molecule has 0 saturated carbocycles. The molecule has 1 N–H and O–H groups in total. The number of hydrogen-bond acceptors (Lipinski definition) is 4. The number of nitrogens with one attached hydrogen (secondary N) is 1. The van der Waals surface area contributed by atoms with E-state index in [0.717, 1.165) is 5.56 Å². The molecule has 0 saturated heterocycles. The van der Waals surface area contributed by atoms with Crippen LogP contribution in [0.15, 0.2) is 4.52 Å². The molecule has 0 bridgehead atoms. The molecule has 0 aromatic carbocycles. The quantitative estimate of drug-likeness (QED) is 0.779. The highest BCUT2D eigenvalue weighted by molar-refractivity contribution is 7.89. The van der Waals surface area contributed by atoms with E-state index in [1.807, 2.05) is 0 Å². The zero-order valence-corrected chi connectivity index (χ0v) is 13.0. The standard InChI is InChI=1S/C11H17ClF2N2O3S/c1-7(6-10-8(2)15-19-9(10)3)16-20(17,18)5-4-11(12,13)14/h7,16H,4-6H2,1-3H3/t7-/m1/s1. The van der Waals surface area contributed by atoms with Crippen LogP contribution in [0.1, 0.15) is 30.4 Å². The molecule has 0 amide bonds.